The van der Waals surface area contributed by atoms with Gasteiger partial charge in [-0.15, -0.1) is 0 Å². The van der Waals surface area contributed by atoms with E-state index in [-0.39, 0.29) is 19.0 Å². The molecule has 0 aromatic heterocycles. The van der Waals surface area contributed by atoms with Gasteiger partial charge in [0.2, 0.25) is 0 Å². The molecule has 5 nitrogen and oxygen atoms in total. The third kappa shape index (κ3) is 5.07. The Hall–Kier alpha value is -3.03. The molecule has 1 saturated heterocycles. The van der Waals surface area contributed by atoms with Gasteiger partial charge in [0.1, 0.15) is 0 Å². The van der Waals surface area contributed by atoms with E-state index < -0.39 is 12.1 Å². The fraction of sp³-hybridized carbons (Fsp3) is 0.333. The van der Waals surface area contributed by atoms with Gasteiger partial charge in [0.15, 0.2) is 0 Å². The molecule has 3 rings (SSSR count). The molecule has 2 aromatic rings. The number of carbonyl (C=O) groups excluding carboxylic acids is 2. The van der Waals surface area contributed by atoms with E-state index in [0.717, 1.165) is 21.7 Å². The molecule has 154 valence electrons. The van der Waals surface area contributed by atoms with E-state index in [1.807, 2.05) is 36.9 Å². The SMILES string of the molecule is Cc1cc(C)cc(C(=O)Nc2ccc(N3CCN(C(=O)C(F)(F)F)CC3)cc2)c1. The molecule has 1 N–H and O–H groups in total. The first-order valence-corrected chi connectivity index (χ1v) is 9.24. The van der Waals surface area contributed by atoms with Gasteiger partial charge in [-0.3, -0.25) is 9.59 Å². The Labute approximate surface area is 167 Å². The van der Waals surface area contributed by atoms with Crippen LogP contribution < -0.4 is 10.2 Å². The monoisotopic (exact) mass is 405 g/mol. The number of carbonyl (C=O) groups is 2. The van der Waals surface area contributed by atoms with Crippen molar-refractivity contribution >= 4 is 23.2 Å². The Bertz CT molecular complexity index is 882. The Balaban J connectivity index is 1.59. The second kappa shape index (κ2) is 8.14. The molecule has 0 atom stereocenters. The summed E-state index contributed by atoms with van der Waals surface area (Å²) in [6.45, 7) is 4.53. The first-order valence-electron chi connectivity index (χ1n) is 9.24. The van der Waals surface area contributed by atoms with Gasteiger partial charge in [0.25, 0.3) is 5.91 Å². The second-order valence-corrected chi connectivity index (χ2v) is 7.15. The van der Waals surface area contributed by atoms with Crippen molar-refractivity contribution in [2.75, 3.05) is 36.4 Å². The normalized spacial score (nSPS) is 14.7. The van der Waals surface area contributed by atoms with Crippen molar-refractivity contribution in [1.29, 1.82) is 0 Å². The van der Waals surface area contributed by atoms with Crippen LogP contribution in [-0.2, 0) is 4.79 Å². The summed E-state index contributed by atoms with van der Waals surface area (Å²) in [4.78, 5) is 26.5. The van der Waals surface area contributed by atoms with E-state index in [4.69, 9.17) is 0 Å². The van der Waals surface area contributed by atoms with Crippen molar-refractivity contribution in [2.45, 2.75) is 20.0 Å². The van der Waals surface area contributed by atoms with Crippen LogP contribution >= 0.6 is 0 Å². The second-order valence-electron chi connectivity index (χ2n) is 7.15. The zero-order valence-electron chi connectivity index (χ0n) is 16.2. The lowest BCUT2D eigenvalue weighted by Crippen LogP contribution is -2.52. The standard InChI is InChI=1S/C21H22F3N3O2/c1-14-11-15(2)13-16(12-14)19(28)25-17-3-5-18(6-4-17)26-7-9-27(10-8-26)20(29)21(22,23)24/h3-6,11-13H,7-10H2,1-2H3,(H,25,28). The fourth-order valence-electron chi connectivity index (χ4n) is 3.41. The molecule has 0 radical (unpaired) electrons. The summed E-state index contributed by atoms with van der Waals surface area (Å²) in [5.41, 5.74) is 4.05. The highest BCUT2D eigenvalue weighted by Gasteiger charge is 2.43. The third-order valence-corrected chi connectivity index (χ3v) is 4.78. The van der Waals surface area contributed by atoms with E-state index in [1.54, 1.807) is 24.3 Å². The number of benzene rings is 2. The van der Waals surface area contributed by atoms with Crippen molar-refractivity contribution < 1.29 is 22.8 Å². The number of alkyl halides is 3. The quantitative estimate of drug-likeness (QED) is 0.846. The van der Waals surface area contributed by atoms with Crippen LogP contribution in [0.25, 0.3) is 0 Å². The predicted octanol–water partition coefficient (Wildman–Crippen LogP) is 3.77. The largest absolute Gasteiger partial charge is 0.471 e. The average molecular weight is 405 g/mol. The highest BCUT2D eigenvalue weighted by atomic mass is 19.4. The van der Waals surface area contributed by atoms with E-state index in [0.29, 0.717) is 24.3 Å². The molecule has 1 aliphatic heterocycles. The molecule has 0 bridgehead atoms. The number of rotatable bonds is 3. The number of aryl methyl sites for hydroxylation is 2. The van der Waals surface area contributed by atoms with Gasteiger partial charge < -0.3 is 15.1 Å². The molecular formula is C21H22F3N3O2. The first-order chi connectivity index (χ1) is 13.6. The van der Waals surface area contributed by atoms with Crippen LogP contribution in [0, 0.1) is 13.8 Å². The molecule has 2 aromatic carbocycles. The van der Waals surface area contributed by atoms with Gasteiger partial charge in [-0.2, -0.15) is 13.2 Å². The van der Waals surface area contributed by atoms with Crippen molar-refractivity contribution in [3.63, 3.8) is 0 Å². The Kier molecular flexibility index (Phi) is 5.81. The third-order valence-electron chi connectivity index (χ3n) is 4.78. The fourth-order valence-corrected chi connectivity index (χ4v) is 3.41. The number of halogens is 3. The Morgan fingerprint density at radius 1 is 0.897 bits per heavy atom. The zero-order valence-corrected chi connectivity index (χ0v) is 16.2. The molecule has 29 heavy (non-hydrogen) atoms. The molecule has 1 aliphatic rings. The maximum absolute atomic E-state index is 12.5. The number of amides is 2. The molecular weight excluding hydrogens is 383 g/mol. The van der Waals surface area contributed by atoms with E-state index in [9.17, 15) is 22.8 Å². The van der Waals surface area contributed by atoms with Crippen molar-refractivity contribution in [3.8, 4) is 0 Å². The average Bonchev–Trinajstić information content (AvgIpc) is 2.66. The number of hydrogen-bond acceptors (Lipinski definition) is 3. The summed E-state index contributed by atoms with van der Waals surface area (Å²) < 4.78 is 37.6. The molecule has 1 heterocycles. The van der Waals surface area contributed by atoms with Gasteiger partial charge in [-0.1, -0.05) is 17.2 Å². The van der Waals surface area contributed by atoms with Crippen molar-refractivity contribution in [3.05, 3.63) is 59.2 Å². The predicted molar refractivity (Wildman–Crippen MR) is 105 cm³/mol. The molecule has 1 fully saturated rings. The Morgan fingerprint density at radius 2 is 1.45 bits per heavy atom. The highest BCUT2D eigenvalue weighted by Crippen LogP contribution is 2.23. The molecule has 0 saturated carbocycles. The van der Waals surface area contributed by atoms with Crippen molar-refractivity contribution in [1.82, 2.24) is 4.90 Å². The van der Waals surface area contributed by atoms with Gasteiger partial charge >= 0.3 is 12.1 Å². The smallest absolute Gasteiger partial charge is 0.368 e. The maximum Gasteiger partial charge on any atom is 0.471 e. The summed E-state index contributed by atoms with van der Waals surface area (Å²) >= 11 is 0. The van der Waals surface area contributed by atoms with Crippen LogP contribution in [0.4, 0.5) is 24.5 Å². The summed E-state index contributed by atoms with van der Waals surface area (Å²) in [6, 6.07) is 12.7. The number of nitrogens with one attached hydrogen (secondary N) is 1. The lowest BCUT2D eigenvalue weighted by molar-refractivity contribution is -0.185. The molecule has 0 spiro atoms. The minimum absolute atomic E-state index is 0.0174. The molecule has 0 aliphatic carbocycles. The van der Waals surface area contributed by atoms with Crippen LogP contribution in [0.1, 0.15) is 21.5 Å². The number of piperazine rings is 1. The number of hydrogen-bond donors (Lipinski definition) is 1. The topological polar surface area (TPSA) is 52.7 Å². The van der Waals surface area contributed by atoms with Gasteiger partial charge in [0, 0.05) is 43.1 Å². The minimum Gasteiger partial charge on any atom is -0.368 e. The van der Waals surface area contributed by atoms with Gasteiger partial charge in [-0.05, 0) is 50.2 Å². The summed E-state index contributed by atoms with van der Waals surface area (Å²) in [5.74, 6) is -1.99. The van der Waals surface area contributed by atoms with Crippen LogP contribution in [-0.4, -0.2) is 49.1 Å². The Morgan fingerprint density at radius 3 is 1.97 bits per heavy atom. The summed E-state index contributed by atoms with van der Waals surface area (Å²) in [6.07, 6.45) is -4.84. The zero-order chi connectivity index (χ0) is 21.2. The maximum atomic E-state index is 12.5. The molecule has 8 heteroatoms. The number of nitrogens with zero attached hydrogens (tertiary/aromatic N) is 2. The van der Waals surface area contributed by atoms with Crippen LogP contribution in [0.5, 0.6) is 0 Å². The van der Waals surface area contributed by atoms with E-state index >= 15 is 0 Å². The van der Waals surface area contributed by atoms with E-state index in [2.05, 4.69) is 5.32 Å². The van der Waals surface area contributed by atoms with Crippen LogP contribution in [0.2, 0.25) is 0 Å². The summed E-state index contributed by atoms with van der Waals surface area (Å²) in [5, 5.41) is 2.85. The summed E-state index contributed by atoms with van der Waals surface area (Å²) in [7, 11) is 0. The lowest BCUT2D eigenvalue weighted by Gasteiger charge is -2.36. The van der Waals surface area contributed by atoms with Crippen LogP contribution in [0.3, 0.4) is 0 Å². The number of anilines is 2. The molecule has 0 unspecified atom stereocenters. The van der Waals surface area contributed by atoms with Gasteiger partial charge in [0.05, 0.1) is 0 Å². The van der Waals surface area contributed by atoms with E-state index in [1.165, 1.54) is 0 Å². The van der Waals surface area contributed by atoms with Crippen LogP contribution in [0.15, 0.2) is 42.5 Å². The lowest BCUT2D eigenvalue weighted by atomic mass is 10.1. The minimum atomic E-state index is -4.84. The first kappa shape index (κ1) is 20.7. The van der Waals surface area contributed by atoms with Gasteiger partial charge in [-0.25, -0.2) is 0 Å². The molecule has 2 amide bonds. The van der Waals surface area contributed by atoms with Crippen molar-refractivity contribution in [2.24, 2.45) is 0 Å². The highest BCUT2D eigenvalue weighted by molar-refractivity contribution is 6.04.